The molecule has 0 spiro atoms. The molecule has 8 heteroatoms. The molecule has 1 N–H and O–H groups in total. The van der Waals surface area contributed by atoms with Gasteiger partial charge >= 0.3 is 0 Å². The molecule has 1 aliphatic heterocycles. The number of hydrogen-bond acceptors (Lipinski definition) is 6. The van der Waals surface area contributed by atoms with Gasteiger partial charge in [-0.2, -0.15) is 0 Å². The summed E-state index contributed by atoms with van der Waals surface area (Å²) in [5.41, 5.74) is 0.420. The topological polar surface area (TPSA) is 83.1 Å². The molecule has 2 aromatic carbocycles. The molecule has 24 heavy (non-hydrogen) atoms. The van der Waals surface area contributed by atoms with Crippen LogP contribution in [0, 0.1) is 0 Å². The summed E-state index contributed by atoms with van der Waals surface area (Å²) in [7, 11) is -1.96. The summed E-state index contributed by atoms with van der Waals surface area (Å²) in [6.07, 6.45) is 0. The minimum Gasteiger partial charge on any atom is -0.497 e. The minimum atomic E-state index is -3.53. The van der Waals surface area contributed by atoms with Crippen molar-refractivity contribution in [3.8, 4) is 23.0 Å². The summed E-state index contributed by atoms with van der Waals surface area (Å²) in [5.74, 6) is 2.23. The molecule has 2 aromatic rings. The van der Waals surface area contributed by atoms with Crippen LogP contribution in [0.3, 0.4) is 0 Å². The summed E-state index contributed by atoms with van der Waals surface area (Å²) in [5, 5.41) is 0. The van der Waals surface area contributed by atoms with E-state index in [1.165, 1.54) is 0 Å². The highest BCUT2D eigenvalue weighted by Crippen LogP contribution is 2.34. The van der Waals surface area contributed by atoms with E-state index in [0.29, 0.717) is 28.7 Å². The van der Waals surface area contributed by atoms with Crippen LogP contribution in [0.1, 0.15) is 0 Å². The molecule has 0 atom stereocenters. The molecule has 1 aliphatic rings. The zero-order valence-corrected chi connectivity index (χ0v) is 13.8. The number of benzene rings is 2. The molecular weight excluding hydrogens is 334 g/mol. The van der Waals surface area contributed by atoms with Crippen LogP contribution in [-0.2, 0) is 10.0 Å². The average Bonchev–Trinajstić information content (AvgIpc) is 3.02. The van der Waals surface area contributed by atoms with E-state index in [2.05, 4.69) is 4.72 Å². The third-order valence-electron chi connectivity index (χ3n) is 3.33. The maximum absolute atomic E-state index is 12.1. The zero-order valence-electron chi connectivity index (χ0n) is 13.0. The van der Waals surface area contributed by atoms with Crippen molar-refractivity contribution >= 4 is 15.7 Å². The molecule has 0 radical (unpaired) electrons. The Morgan fingerprint density at radius 2 is 1.75 bits per heavy atom. The van der Waals surface area contributed by atoms with Crippen LogP contribution in [0.4, 0.5) is 5.69 Å². The summed E-state index contributed by atoms with van der Waals surface area (Å²) >= 11 is 0. The lowest BCUT2D eigenvalue weighted by Crippen LogP contribution is -2.21. The van der Waals surface area contributed by atoms with Crippen LogP contribution in [0.25, 0.3) is 0 Å². The van der Waals surface area contributed by atoms with E-state index in [1.54, 1.807) is 49.6 Å². The van der Waals surface area contributed by atoms with Crippen LogP contribution < -0.4 is 23.7 Å². The smallest absolute Gasteiger partial charge is 0.236 e. The van der Waals surface area contributed by atoms with Crippen molar-refractivity contribution in [1.29, 1.82) is 0 Å². The first-order chi connectivity index (χ1) is 11.6. The molecule has 3 rings (SSSR count). The lowest BCUT2D eigenvalue weighted by molar-refractivity contribution is 0.174. The van der Waals surface area contributed by atoms with Crippen LogP contribution in [0.5, 0.6) is 23.0 Å². The average molecular weight is 351 g/mol. The Bertz CT molecular complexity index is 804. The summed E-state index contributed by atoms with van der Waals surface area (Å²) in [4.78, 5) is 0. The van der Waals surface area contributed by atoms with E-state index in [9.17, 15) is 8.42 Å². The number of ether oxygens (including phenoxy) is 4. The fourth-order valence-corrected chi connectivity index (χ4v) is 3.02. The SMILES string of the molecule is COc1ccc(OCCS(=O)(=O)Nc2ccc3c(c2)OCO3)cc1. The van der Waals surface area contributed by atoms with Crippen molar-refractivity contribution in [3.63, 3.8) is 0 Å². The van der Waals surface area contributed by atoms with Crippen LogP contribution in [0.2, 0.25) is 0 Å². The Labute approximate surface area is 140 Å². The van der Waals surface area contributed by atoms with Gasteiger partial charge in [0.15, 0.2) is 11.5 Å². The van der Waals surface area contributed by atoms with Crippen LogP contribution in [0.15, 0.2) is 42.5 Å². The van der Waals surface area contributed by atoms with Gasteiger partial charge < -0.3 is 18.9 Å². The first-order valence-corrected chi connectivity index (χ1v) is 8.88. The Hall–Kier alpha value is -2.61. The first-order valence-electron chi connectivity index (χ1n) is 7.23. The van der Waals surface area contributed by atoms with Crippen molar-refractivity contribution in [2.45, 2.75) is 0 Å². The third kappa shape index (κ3) is 4.02. The highest BCUT2D eigenvalue weighted by Gasteiger charge is 2.16. The van der Waals surface area contributed by atoms with Gasteiger partial charge in [-0.3, -0.25) is 4.72 Å². The first kappa shape index (κ1) is 16.3. The number of fused-ring (bicyclic) bond motifs is 1. The summed E-state index contributed by atoms with van der Waals surface area (Å²) in [6.45, 7) is 0.174. The van der Waals surface area contributed by atoms with Gasteiger partial charge in [0.25, 0.3) is 0 Å². The third-order valence-corrected chi connectivity index (χ3v) is 4.58. The minimum absolute atomic E-state index is 0.0339. The molecule has 0 aliphatic carbocycles. The second kappa shape index (κ2) is 6.88. The van der Waals surface area contributed by atoms with Crippen molar-refractivity contribution in [2.24, 2.45) is 0 Å². The Balaban J connectivity index is 1.54. The molecule has 0 amide bonds. The number of rotatable bonds is 7. The highest BCUT2D eigenvalue weighted by molar-refractivity contribution is 7.92. The quantitative estimate of drug-likeness (QED) is 0.824. The standard InChI is InChI=1S/C16H17NO6S/c1-20-13-3-5-14(6-4-13)21-8-9-24(18,19)17-12-2-7-15-16(10-12)23-11-22-15/h2-7,10,17H,8-9,11H2,1H3. The second-order valence-corrected chi connectivity index (χ2v) is 6.85. The Morgan fingerprint density at radius 1 is 1.04 bits per heavy atom. The molecule has 0 unspecified atom stereocenters. The molecule has 0 aromatic heterocycles. The predicted molar refractivity (Wildman–Crippen MR) is 88.5 cm³/mol. The van der Waals surface area contributed by atoms with Crippen molar-refractivity contribution in [2.75, 3.05) is 31.0 Å². The number of nitrogens with one attached hydrogen (secondary N) is 1. The molecular formula is C16H17NO6S. The van der Waals surface area contributed by atoms with Gasteiger partial charge in [-0.1, -0.05) is 0 Å². The van der Waals surface area contributed by atoms with Gasteiger partial charge in [0.2, 0.25) is 16.8 Å². The van der Waals surface area contributed by atoms with E-state index in [4.69, 9.17) is 18.9 Å². The van der Waals surface area contributed by atoms with Gasteiger partial charge in [-0.05, 0) is 36.4 Å². The fraction of sp³-hybridized carbons (Fsp3) is 0.250. The number of anilines is 1. The van der Waals surface area contributed by atoms with Gasteiger partial charge in [0.05, 0.1) is 12.8 Å². The Morgan fingerprint density at radius 3 is 2.50 bits per heavy atom. The Kier molecular flexibility index (Phi) is 4.66. The normalized spacial score (nSPS) is 12.7. The second-order valence-electron chi connectivity index (χ2n) is 5.01. The molecule has 0 fully saturated rings. The van der Waals surface area contributed by atoms with E-state index in [0.717, 1.165) is 0 Å². The molecule has 0 bridgehead atoms. The fourth-order valence-electron chi connectivity index (χ4n) is 2.13. The van der Waals surface area contributed by atoms with Crippen molar-refractivity contribution < 1.29 is 27.4 Å². The van der Waals surface area contributed by atoms with Gasteiger partial charge in [-0.15, -0.1) is 0 Å². The maximum Gasteiger partial charge on any atom is 0.236 e. The van der Waals surface area contributed by atoms with Crippen LogP contribution in [-0.4, -0.2) is 34.7 Å². The van der Waals surface area contributed by atoms with Gasteiger partial charge in [0, 0.05) is 6.07 Å². The number of methoxy groups -OCH3 is 1. The van der Waals surface area contributed by atoms with E-state index >= 15 is 0 Å². The molecule has 1 heterocycles. The van der Waals surface area contributed by atoms with Crippen molar-refractivity contribution in [1.82, 2.24) is 0 Å². The van der Waals surface area contributed by atoms with E-state index < -0.39 is 10.0 Å². The van der Waals surface area contributed by atoms with E-state index in [-0.39, 0.29) is 19.2 Å². The van der Waals surface area contributed by atoms with E-state index in [1.807, 2.05) is 0 Å². The summed E-state index contributed by atoms with van der Waals surface area (Å²) in [6, 6.07) is 11.8. The largest absolute Gasteiger partial charge is 0.497 e. The van der Waals surface area contributed by atoms with Gasteiger partial charge in [0.1, 0.15) is 23.9 Å². The maximum atomic E-state index is 12.1. The molecule has 0 saturated carbocycles. The predicted octanol–water partition coefficient (Wildman–Crippen LogP) is 2.24. The molecule has 7 nitrogen and oxygen atoms in total. The van der Waals surface area contributed by atoms with Gasteiger partial charge in [-0.25, -0.2) is 8.42 Å². The lowest BCUT2D eigenvalue weighted by Gasteiger charge is -2.10. The monoisotopic (exact) mass is 351 g/mol. The summed E-state index contributed by atoms with van der Waals surface area (Å²) < 4.78 is 47.6. The molecule has 0 saturated heterocycles. The number of hydrogen-bond donors (Lipinski definition) is 1. The lowest BCUT2D eigenvalue weighted by atomic mass is 10.3. The number of sulfonamides is 1. The molecule has 128 valence electrons. The van der Waals surface area contributed by atoms with Crippen molar-refractivity contribution in [3.05, 3.63) is 42.5 Å². The zero-order chi connectivity index (χ0) is 17.0. The van der Waals surface area contributed by atoms with Crippen LogP contribution >= 0.6 is 0 Å². The highest BCUT2D eigenvalue weighted by atomic mass is 32.2.